The van der Waals surface area contributed by atoms with Crippen LogP contribution in [0.4, 0.5) is 0 Å². The Hall–Kier alpha value is -1.81. The summed E-state index contributed by atoms with van der Waals surface area (Å²) >= 11 is 0. The van der Waals surface area contributed by atoms with Gasteiger partial charge in [-0.05, 0) is 43.6 Å². The van der Waals surface area contributed by atoms with Crippen molar-refractivity contribution in [3.63, 3.8) is 0 Å². The van der Waals surface area contributed by atoms with Gasteiger partial charge in [0, 0.05) is 11.9 Å². The molecule has 0 radical (unpaired) electrons. The maximum absolute atomic E-state index is 10.9. The van der Waals surface area contributed by atoms with E-state index in [1.807, 2.05) is 12.1 Å². The smallest absolute Gasteiger partial charge is 0.371 e. The van der Waals surface area contributed by atoms with Crippen LogP contribution < -0.4 is 0 Å². The van der Waals surface area contributed by atoms with E-state index in [9.17, 15) is 4.79 Å². The summed E-state index contributed by atoms with van der Waals surface area (Å²) in [5.41, 5.74) is 1.84. The van der Waals surface area contributed by atoms with Crippen LogP contribution >= 0.6 is 0 Å². The van der Waals surface area contributed by atoms with Crippen molar-refractivity contribution in [2.45, 2.75) is 25.8 Å². The fourth-order valence-electron chi connectivity index (χ4n) is 2.66. The van der Waals surface area contributed by atoms with Gasteiger partial charge in [0.1, 0.15) is 5.58 Å². The van der Waals surface area contributed by atoms with Crippen molar-refractivity contribution in [3.05, 3.63) is 35.6 Å². The van der Waals surface area contributed by atoms with Crippen LogP contribution in [-0.2, 0) is 6.54 Å². The molecule has 0 atom stereocenters. The van der Waals surface area contributed by atoms with E-state index in [4.69, 9.17) is 9.52 Å². The van der Waals surface area contributed by atoms with Gasteiger partial charge in [0.25, 0.3) is 0 Å². The summed E-state index contributed by atoms with van der Waals surface area (Å²) < 4.78 is 5.34. The lowest BCUT2D eigenvalue weighted by atomic mass is 10.1. The highest BCUT2D eigenvalue weighted by Gasteiger charge is 2.13. The van der Waals surface area contributed by atoms with Gasteiger partial charge in [-0.2, -0.15) is 0 Å². The number of aromatic carboxylic acids is 1. The second-order valence-corrected chi connectivity index (χ2v) is 5.12. The van der Waals surface area contributed by atoms with Crippen LogP contribution in [0.5, 0.6) is 0 Å². The van der Waals surface area contributed by atoms with Crippen LogP contribution in [-0.4, -0.2) is 29.1 Å². The van der Waals surface area contributed by atoms with E-state index < -0.39 is 5.97 Å². The predicted octanol–water partition coefficient (Wildman–Crippen LogP) is 3.12. The zero-order valence-corrected chi connectivity index (χ0v) is 10.8. The van der Waals surface area contributed by atoms with Gasteiger partial charge < -0.3 is 9.52 Å². The molecule has 1 aromatic carbocycles. The van der Waals surface area contributed by atoms with Gasteiger partial charge in [0.15, 0.2) is 0 Å². The lowest BCUT2D eigenvalue weighted by Crippen LogP contribution is -2.28. The summed E-state index contributed by atoms with van der Waals surface area (Å²) in [6, 6.07) is 7.52. The van der Waals surface area contributed by atoms with Gasteiger partial charge in [-0.15, -0.1) is 0 Å². The van der Waals surface area contributed by atoms with Crippen LogP contribution in [0.25, 0.3) is 11.0 Å². The highest BCUT2D eigenvalue weighted by Crippen LogP contribution is 2.22. The van der Waals surface area contributed by atoms with E-state index >= 15 is 0 Å². The first-order valence-electron chi connectivity index (χ1n) is 6.70. The summed E-state index contributed by atoms with van der Waals surface area (Å²) in [4.78, 5) is 13.3. The number of fused-ring (bicyclic) bond motifs is 1. The number of piperidine rings is 1. The average Bonchev–Trinajstić information content (AvgIpc) is 2.83. The molecule has 19 heavy (non-hydrogen) atoms. The number of nitrogens with zero attached hydrogens (tertiary/aromatic N) is 1. The van der Waals surface area contributed by atoms with E-state index in [1.54, 1.807) is 6.07 Å². The number of benzene rings is 1. The van der Waals surface area contributed by atoms with Gasteiger partial charge in [-0.3, -0.25) is 4.90 Å². The molecule has 1 N–H and O–H groups in total. The topological polar surface area (TPSA) is 53.7 Å². The van der Waals surface area contributed by atoms with Crippen molar-refractivity contribution in [1.82, 2.24) is 4.90 Å². The Balaban J connectivity index is 1.82. The minimum Gasteiger partial charge on any atom is -0.475 e. The van der Waals surface area contributed by atoms with E-state index in [0.717, 1.165) is 25.0 Å². The predicted molar refractivity (Wildman–Crippen MR) is 72.3 cm³/mol. The Labute approximate surface area is 111 Å². The number of carboxylic acids is 1. The molecule has 2 heterocycles. The molecular formula is C15H17NO3. The molecule has 3 rings (SSSR count). The Bertz CT molecular complexity index is 596. The second kappa shape index (κ2) is 5.05. The number of likely N-dealkylation sites (tertiary alicyclic amines) is 1. The number of carboxylic acid groups (broad SMARTS) is 1. The second-order valence-electron chi connectivity index (χ2n) is 5.12. The van der Waals surface area contributed by atoms with E-state index in [-0.39, 0.29) is 5.76 Å². The molecule has 100 valence electrons. The molecule has 0 bridgehead atoms. The quantitative estimate of drug-likeness (QED) is 0.920. The molecule has 1 aliphatic heterocycles. The molecular weight excluding hydrogens is 242 g/mol. The molecule has 1 aliphatic rings. The number of hydrogen-bond donors (Lipinski definition) is 1. The van der Waals surface area contributed by atoms with Gasteiger partial charge in [0.05, 0.1) is 0 Å². The third kappa shape index (κ3) is 2.63. The summed E-state index contributed by atoms with van der Waals surface area (Å²) in [5.74, 6) is -1.01. The normalized spacial score (nSPS) is 16.8. The summed E-state index contributed by atoms with van der Waals surface area (Å²) in [7, 11) is 0. The van der Waals surface area contributed by atoms with E-state index in [0.29, 0.717) is 5.58 Å². The Kier molecular flexibility index (Phi) is 3.25. The van der Waals surface area contributed by atoms with Gasteiger partial charge >= 0.3 is 5.97 Å². The van der Waals surface area contributed by atoms with Gasteiger partial charge in [-0.25, -0.2) is 4.79 Å². The number of carbonyl (C=O) groups is 1. The summed E-state index contributed by atoms with van der Waals surface area (Å²) in [5, 5.41) is 9.76. The minimum absolute atomic E-state index is 0.00474. The Morgan fingerprint density at radius 3 is 2.74 bits per heavy atom. The van der Waals surface area contributed by atoms with Crippen LogP contribution in [0.15, 0.2) is 28.7 Å². The number of rotatable bonds is 3. The first kappa shape index (κ1) is 12.2. The molecule has 0 saturated carbocycles. The maximum atomic E-state index is 10.9. The highest BCUT2D eigenvalue weighted by atomic mass is 16.4. The van der Waals surface area contributed by atoms with Crippen molar-refractivity contribution in [2.75, 3.05) is 13.1 Å². The Morgan fingerprint density at radius 2 is 2.00 bits per heavy atom. The first-order chi connectivity index (χ1) is 9.22. The first-order valence-corrected chi connectivity index (χ1v) is 6.70. The number of hydrogen-bond acceptors (Lipinski definition) is 3. The molecule has 0 aliphatic carbocycles. The zero-order valence-electron chi connectivity index (χ0n) is 10.8. The lowest BCUT2D eigenvalue weighted by molar-refractivity contribution is 0.0665. The molecule has 0 unspecified atom stereocenters. The van der Waals surface area contributed by atoms with E-state index in [1.165, 1.54) is 24.8 Å². The van der Waals surface area contributed by atoms with Crippen molar-refractivity contribution in [3.8, 4) is 0 Å². The van der Waals surface area contributed by atoms with Gasteiger partial charge in [0.2, 0.25) is 5.76 Å². The van der Waals surface area contributed by atoms with Crippen LogP contribution in [0.1, 0.15) is 35.4 Å². The molecule has 1 saturated heterocycles. The van der Waals surface area contributed by atoms with Gasteiger partial charge in [-0.1, -0.05) is 18.6 Å². The standard InChI is InChI=1S/C15H17NO3/c17-15(18)14-9-12-5-4-11(8-13(12)19-14)10-16-6-2-1-3-7-16/h4-5,8-9H,1-3,6-7,10H2,(H,17,18). The molecule has 2 aromatic rings. The zero-order chi connectivity index (χ0) is 13.2. The largest absolute Gasteiger partial charge is 0.475 e. The maximum Gasteiger partial charge on any atom is 0.371 e. The van der Waals surface area contributed by atoms with Crippen molar-refractivity contribution in [1.29, 1.82) is 0 Å². The Morgan fingerprint density at radius 1 is 1.21 bits per heavy atom. The third-order valence-corrected chi connectivity index (χ3v) is 3.65. The number of furan rings is 1. The van der Waals surface area contributed by atoms with Crippen molar-refractivity contribution in [2.24, 2.45) is 0 Å². The van der Waals surface area contributed by atoms with Crippen molar-refractivity contribution >= 4 is 16.9 Å². The SMILES string of the molecule is O=C(O)c1cc2ccc(CN3CCCCC3)cc2o1. The summed E-state index contributed by atoms with van der Waals surface area (Å²) in [6.45, 7) is 3.21. The highest BCUT2D eigenvalue weighted by molar-refractivity contribution is 5.91. The van der Waals surface area contributed by atoms with E-state index in [2.05, 4.69) is 11.0 Å². The van der Waals surface area contributed by atoms with Crippen LogP contribution in [0, 0.1) is 0 Å². The minimum atomic E-state index is -1.02. The van der Waals surface area contributed by atoms with Crippen LogP contribution in [0.3, 0.4) is 0 Å². The monoisotopic (exact) mass is 259 g/mol. The third-order valence-electron chi connectivity index (χ3n) is 3.65. The lowest BCUT2D eigenvalue weighted by Gasteiger charge is -2.26. The van der Waals surface area contributed by atoms with Crippen LogP contribution in [0.2, 0.25) is 0 Å². The average molecular weight is 259 g/mol. The fraction of sp³-hybridized carbons (Fsp3) is 0.400. The molecule has 4 heteroatoms. The summed E-state index contributed by atoms with van der Waals surface area (Å²) in [6.07, 6.45) is 3.87. The van der Waals surface area contributed by atoms with Crippen molar-refractivity contribution < 1.29 is 14.3 Å². The molecule has 0 spiro atoms. The molecule has 0 amide bonds. The molecule has 4 nitrogen and oxygen atoms in total. The fourth-order valence-corrected chi connectivity index (χ4v) is 2.66. The molecule has 1 fully saturated rings. The molecule has 1 aromatic heterocycles.